The second-order valence-electron chi connectivity index (χ2n) is 8.74. The quantitative estimate of drug-likeness (QED) is 0.545. The van der Waals surface area contributed by atoms with Crippen molar-refractivity contribution < 1.29 is 14.3 Å². The second-order valence-corrected chi connectivity index (χ2v) is 8.74. The van der Waals surface area contributed by atoms with Crippen LogP contribution in [0.25, 0.3) is 16.8 Å². The lowest BCUT2D eigenvalue weighted by atomic mass is 9.96. The van der Waals surface area contributed by atoms with Crippen molar-refractivity contribution in [3.63, 3.8) is 0 Å². The molecule has 0 saturated carbocycles. The van der Waals surface area contributed by atoms with Crippen LogP contribution < -0.4 is 15.4 Å². The minimum atomic E-state index is -0.636. The van der Waals surface area contributed by atoms with Crippen LogP contribution in [0, 0.1) is 0 Å². The van der Waals surface area contributed by atoms with Crippen molar-refractivity contribution in [2.24, 2.45) is 5.73 Å². The maximum absolute atomic E-state index is 13.4. The molecular weight excluding hydrogens is 388 g/mol. The summed E-state index contributed by atoms with van der Waals surface area (Å²) in [4.78, 5) is 14.9. The van der Waals surface area contributed by atoms with Crippen molar-refractivity contribution in [3.8, 4) is 16.9 Å². The van der Waals surface area contributed by atoms with Crippen molar-refractivity contribution in [2.45, 2.75) is 32.4 Å². The zero-order valence-electron chi connectivity index (χ0n) is 17.8. The predicted molar refractivity (Wildman–Crippen MR) is 122 cm³/mol. The van der Waals surface area contributed by atoms with Crippen molar-refractivity contribution in [2.75, 3.05) is 4.90 Å². The number of nitrogens with zero attached hydrogens (tertiary/aromatic N) is 1. The summed E-state index contributed by atoms with van der Waals surface area (Å²) in [7, 11) is 0. The van der Waals surface area contributed by atoms with E-state index in [9.17, 15) is 4.79 Å². The normalized spacial score (nSPS) is 16.6. The van der Waals surface area contributed by atoms with Gasteiger partial charge in [-0.1, -0.05) is 54.6 Å². The van der Waals surface area contributed by atoms with Crippen molar-refractivity contribution in [3.05, 3.63) is 89.7 Å². The molecule has 0 aromatic heterocycles. The fourth-order valence-corrected chi connectivity index (χ4v) is 4.24. The molecular formula is C26H24N2O3. The van der Waals surface area contributed by atoms with Crippen LogP contribution in [0.1, 0.15) is 43.5 Å². The summed E-state index contributed by atoms with van der Waals surface area (Å²) in [6.45, 7) is 5.57. The Morgan fingerprint density at radius 2 is 1.61 bits per heavy atom. The highest BCUT2D eigenvalue weighted by Gasteiger charge is 2.35. The Morgan fingerprint density at radius 1 is 0.935 bits per heavy atom. The first-order valence-corrected chi connectivity index (χ1v) is 10.3. The van der Waals surface area contributed by atoms with E-state index in [2.05, 4.69) is 12.1 Å². The second kappa shape index (κ2) is 7.00. The molecule has 0 spiro atoms. The number of hydrogen-bond acceptors (Lipinski definition) is 4. The first-order chi connectivity index (χ1) is 14.8. The Bertz CT molecular complexity index is 1220. The van der Waals surface area contributed by atoms with Crippen LogP contribution in [-0.4, -0.2) is 11.7 Å². The fraction of sp³-hybridized carbons (Fsp3) is 0.192. The Labute approximate surface area is 181 Å². The first kappa shape index (κ1) is 19.4. The molecule has 31 heavy (non-hydrogen) atoms. The third-order valence-corrected chi connectivity index (χ3v) is 5.49. The molecule has 3 aromatic carbocycles. The number of rotatable bonds is 1. The van der Waals surface area contributed by atoms with E-state index < -0.39 is 11.7 Å². The molecule has 1 atom stereocenters. The molecule has 1 aliphatic carbocycles. The third kappa shape index (κ3) is 3.18. The van der Waals surface area contributed by atoms with Gasteiger partial charge in [0.15, 0.2) is 5.75 Å². The summed E-state index contributed by atoms with van der Waals surface area (Å²) in [5, 5.41) is 0. The third-order valence-electron chi connectivity index (χ3n) is 5.49. The Morgan fingerprint density at radius 3 is 2.42 bits per heavy atom. The van der Waals surface area contributed by atoms with E-state index in [-0.39, 0.29) is 6.04 Å². The maximum atomic E-state index is 13.4. The van der Waals surface area contributed by atoms with E-state index in [4.69, 9.17) is 15.2 Å². The number of para-hydroxylation sites is 2. The van der Waals surface area contributed by atoms with E-state index in [1.165, 1.54) is 0 Å². The van der Waals surface area contributed by atoms with Gasteiger partial charge in [0.05, 0.1) is 17.4 Å². The number of ether oxygens (including phenoxy) is 2. The van der Waals surface area contributed by atoms with E-state index in [0.717, 1.165) is 27.8 Å². The number of anilines is 1. The molecule has 3 aromatic rings. The SMILES string of the molecule is CC(C)(C)OC(=O)N1C(c2cccc3c2-c2ccccc2C3N)=COc2ccccc21. The molecule has 0 saturated heterocycles. The van der Waals surface area contributed by atoms with Gasteiger partial charge >= 0.3 is 6.09 Å². The molecule has 5 heteroatoms. The van der Waals surface area contributed by atoms with Crippen LogP contribution in [-0.2, 0) is 4.74 Å². The lowest BCUT2D eigenvalue weighted by Crippen LogP contribution is -2.37. The van der Waals surface area contributed by atoms with Gasteiger partial charge in [-0.2, -0.15) is 0 Å². The summed E-state index contributed by atoms with van der Waals surface area (Å²) < 4.78 is 11.7. The van der Waals surface area contributed by atoms with Crippen LogP contribution in [0.15, 0.2) is 73.0 Å². The smallest absolute Gasteiger partial charge is 0.419 e. The summed E-state index contributed by atoms with van der Waals surface area (Å²) in [5.74, 6) is 0.599. The zero-order valence-corrected chi connectivity index (χ0v) is 17.8. The number of amides is 1. The molecule has 2 aliphatic rings. The van der Waals surface area contributed by atoms with Crippen LogP contribution in [0.3, 0.4) is 0 Å². The molecule has 1 unspecified atom stereocenters. The first-order valence-electron chi connectivity index (χ1n) is 10.3. The molecule has 0 fully saturated rings. The van der Waals surface area contributed by atoms with Crippen molar-refractivity contribution >= 4 is 17.5 Å². The highest BCUT2D eigenvalue weighted by molar-refractivity contribution is 6.07. The molecule has 1 aliphatic heterocycles. The molecule has 1 heterocycles. The number of nitrogens with two attached hydrogens (primary N) is 1. The Hall–Kier alpha value is -3.57. The highest BCUT2D eigenvalue weighted by Crippen LogP contribution is 2.48. The van der Waals surface area contributed by atoms with Crippen LogP contribution >= 0.6 is 0 Å². The Kier molecular flexibility index (Phi) is 4.38. The van der Waals surface area contributed by atoms with Crippen LogP contribution in [0.4, 0.5) is 10.5 Å². The van der Waals surface area contributed by atoms with Gasteiger partial charge in [0.25, 0.3) is 0 Å². The minimum absolute atomic E-state index is 0.210. The number of hydrogen-bond donors (Lipinski definition) is 1. The van der Waals surface area contributed by atoms with E-state index in [1.807, 2.05) is 75.4 Å². The monoisotopic (exact) mass is 412 g/mol. The molecule has 5 rings (SSSR count). The maximum Gasteiger partial charge on any atom is 0.419 e. The van der Waals surface area contributed by atoms with Gasteiger partial charge < -0.3 is 15.2 Å². The van der Waals surface area contributed by atoms with Gasteiger partial charge in [0.1, 0.15) is 11.9 Å². The van der Waals surface area contributed by atoms with Crippen LogP contribution in [0.2, 0.25) is 0 Å². The molecule has 2 N–H and O–H groups in total. The van der Waals surface area contributed by atoms with Crippen molar-refractivity contribution in [1.82, 2.24) is 0 Å². The van der Waals surface area contributed by atoms with Gasteiger partial charge in [-0.15, -0.1) is 0 Å². The summed E-state index contributed by atoms with van der Waals surface area (Å²) in [5.41, 5.74) is 12.3. The van der Waals surface area contributed by atoms with Gasteiger partial charge in [0.2, 0.25) is 0 Å². The minimum Gasteiger partial charge on any atom is -0.461 e. The summed E-state index contributed by atoms with van der Waals surface area (Å²) in [6, 6.07) is 21.4. The summed E-state index contributed by atoms with van der Waals surface area (Å²) in [6.07, 6.45) is 1.16. The summed E-state index contributed by atoms with van der Waals surface area (Å²) >= 11 is 0. The molecule has 5 nitrogen and oxygen atoms in total. The van der Waals surface area contributed by atoms with Gasteiger partial charge in [-0.25, -0.2) is 9.69 Å². The average molecular weight is 412 g/mol. The average Bonchev–Trinajstić information content (AvgIpc) is 3.04. The van der Waals surface area contributed by atoms with E-state index in [1.54, 1.807) is 11.2 Å². The lowest BCUT2D eigenvalue weighted by Gasteiger charge is -2.33. The van der Waals surface area contributed by atoms with E-state index >= 15 is 0 Å². The van der Waals surface area contributed by atoms with Crippen molar-refractivity contribution in [1.29, 1.82) is 0 Å². The molecule has 0 bridgehead atoms. The standard InChI is InChI=1S/C26H24N2O3/c1-26(2,3)31-25(29)28-20-13-6-7-14-22(20)30-15-21(28)18-11-8-12-19-23(18)16-9-4-5-10-17(16)24(19)27/h4-15,24H,27H2,1-3H3. The zero-order chi connectivity index (χ0) is 21.8. The fourth-order valence-electron chi connectivity index (χ4n) is 4.24. The van der Waals surface area contributed by atoms with Crippen LogP contribution in [0.5, 0.6) is 5.75 Å². The Balaban J connectivity index is 1.70. The number of benzene rings is 3. The van der Waals surface area contributed by atoms with Gasteiger partial charge in [0, 0.05) is 5.56 Å². The molecule has 1 amide bonds. The largest absolute Gasteiger partial charge is 0.461 e. The number of carbonyl (C=O) groups excluding carboxylic acids is 1. The number of carbonyl (C=O) groups is 1. The highest BCUT2D eigenvalue weighted by atomic mass is 16.6. The topological polar surface area (TPSA) is 64.8 Å². The lowest BCUT2D eigenvalue weighted by molar-refractivity contribution is 0.0598. The predicted octanol–water partition coefficient (Wildman–Crippen LogP) is 5.85. The van der Waals surface area contributed by atoms with E-state index in [0.29, 0.717) is 17.1 Å². The molecule has 156 valence electrons. The van der Waals surface area contributed by atoms with Gasteiger partial charge in [-0.05, 0) is 55.2 Å². The van der Waals surface area contributed by atoms with Gasteiger partial charge in [-0.3, -0.25) is 0 Å². The molecule has 0 radical (unpaired) electrons. The number of fused-ring (bicyclic) bond motifs is 4.